The molecule has 102 valence electrons. The molecule has 2 heterocycles. The number of carbonyl (C=O) groups excluding carboxylic acids is 1. The van der Waals surface area contributed by atoms with Crippen molar-refractivity contribution >= 4 is 11.8 Å². The lowest BCUT2D eigenvalue weighted by Gasteiger charge is -2.35. The molecular weight excluding hydrogens is 240 g/mol. The van der Waals surface area contributed by atoms with Crippen LogP contribution in [0.25, 0.3) is 0 Å². The number of aryl methyl sites for hydroxylation is 1. The molecule has 5 heteroatoms. The van der Waals surface area contributed by atoms with Crippen molar-refractivity contribution in [3.63, 3.8) is 0 Å². The molecule has 0 unspecified atom stereocenters. The van der Waals surface area contributed by atoms with Crippen LogP contribution >= 0.6 is 0 Å². The van der Waals surface area contributed by atoms with Crippen LogP contribution < -0.4 is 10.2 Å². The van der Waals surface area contributed by atoms with E-state index in [9.17, 15) is 4.79 Å². The first-order chi connectivity index (χ1) is 9.22. The summed E-state index contributed by atoms with van der Waals surface area (Å²) in [6.45, 7) is 5.33. The third-order valence-electron chi connectivity index (χ3n) is 3.70. The fourth-order valence-corrected chi connectivity index (χ4v) is 2.33. The second-order valence-electron chi connectivity index (χ2n) is 5.39. The van der Waals surface area contributed by atoms with E-state index in [1.165, 1.54) is 5.56 Å². The van der Waals surface area contributed by atoms with E-state index < -0.39 is 0 Å². The van der Waals surface area contributed by atoms with E-state index in [0.717, 1.165) is 44.8 Å². The lowest BCUT2D eigenvalue weighted by atomic mass is 10.2. The van der Waals surface area contributed by atoms with Crippen LogP contribution in [0.15, 0.2) is 18.3 Å². The van der Waals surface area contributed by atoms with Crippen LogP contribution in [0, 0.1) is 6.92 Å². The molecule has 1 aromatic rings. The van der Waals surface area contributed by atoms with Crippen LogP contribution in [0.5, 0.6) is 0 Å². The van der Waals surface area contributed by atoms with E-state index in [2.05, 4.69) is 28.2 Å². The van der Waals surface area contributed by atoms with E-state index in [1.807, 2.05) is 17.2 Å². The average Bonchev–Trinajstić information content (AvgIpc) is 3.23. The van der Waals surface area contributed by atoms with Gasteiger partial charge in [-0.25, -0.2) is 9.78 Å². The van der Waals surface area contributed by atoms with Crippen molar-refractivity contribution in [1.29, 1.82) is 0 Å². The highest BCUT2D eigenvalue weighted by atomic mass is 16.2. The van der Waals surface area contributed by atoms with Crippen molar-refractivity contribution < 1.29 is 4.79 Å². The normalized spacial score (nSPS) is 19.4. The summed E-state index contributed by atoms with van der Waals surface area (Å²) in [4.78, 5) is 20.5. The van der Waals surface area contributed by atoms with Crippen molar-refractivity contribution in [3.05, 3.63) is 23.9 Å². The van der Waals surface area contributed by atoms with Gasteiger partial charge in [0, 0.05) is 38.4 Å². The number of aromatic nitrogens is 1. The van der Waals surface area contributed by atoms with Crippen molar-refractivity contribution in [3.8, 4) is 0 Å². The number of urea groups is 1. The highest BCUT2D eigenvalue weighted by Crippen LogP contribution is 2.19. The summed E-state index contributed by atoms with van der Waals surface area (Å²) in [6.07, 6.45) is 4.12. The lowest BCUT2D eigenvalue weighted by Crippen LogP contribution is -2.52. The molecule has 1 saturated heterocycles. The summed E-state index contributed by atoms with van der Waals surface area (Å²) >= 11 is 0. The second-order valence-corrected chi connectivity index (χ2v) is 5.39. The van der Waals surface area contributed by atoms with E-state index in [-0.39, 0.29) is 6.03 Å². The van der Waals surface area contributed by atoms with Crippen molar-refractivity contribution in [2.75, 3.05) is 31.1 Å². The summed E-state index contributed by atoms with van der Waals surface area (Å²) in [5.74, 6) is 1.02. The maximum Gasteiger partial charge on any atom is 0.317 e. The maximum atomic E-state index is 11.9. The summed E-state index contributed by atoms with van der Waals surface area (Å²) in [5, 5.41) is 3.04. The Morgan fingerprint density at radius 1 is 1.32 bits per heavy atom. The van der Waals surface area contributed by atoms with Gasteiger partial charge in [-0.2, -0.15) is 0 Å². The summed E-state index contributed by atoms with van der Waals surface area (Å²) in [6, 6.07) is 4.63. The van der Waals surface area contributed by atoms with Crippen LogP contribution in [-0.4, -0.2) is 48.1 Å². The Labute approximate surface area is 113 Å². The molecule has 2 fully saturated rings. The third kappa shape index (κ3) is 2.97. The average molecular weight is 260 g/mol. The minimum absolute atomic E-state index is 0.0966. The maximum absolute atomic E-state index is 11.9. The van der Waals surface area contributed by atoms with E-state index in [0.29, 0.717) is 6.04 Å². The molecule has 3 rings (SSSR count). The number of carbonyl (C=O) groups is 1. The molecule has 2 amide bonds. The molecule has 1 aliphatic carbocycles. The van der Waals surface area contributed by atoms with Crippen molar-refractivity contribution in [2.24, 2.45) is 0 Å². The highest BCUT2D eigenvalue weighted by Gasteiger charge is 2.27. The first-order valence-corrected chi connectivity index (χ1v) is 6.95. The van der Waals surface area contributed by atoms with Gasteiger partial charge in [-0.05, 0) is 37.5 Å². The van der Waals surface area contributed by atoms with Crippen LogP contribution in [-0.2, 0) is 0 Å². The van der Waals surface area contributed by atoms with Crippen LogP contribution in [0.3, 0.4) is 0 Å². The summed E-state index contributed by atoms with van der Waals surface area (Å²) in [5.41, 5.74) is 1.22. The molecule has 1 N–H and O–H groups in total. The fraction of sp³-hybridized carbons (Fsp3) is 0.571. The largest absolute Gasteiger partial charge is 0.353 e. The van der Waals surface area contributed by atoms with Crippen LogP contribution in [0.2, 0.25) is 0 Å². The number of rotatable bonds is 2. The Hall–Kier alpha value is -1.78. The monoisotopic (exact) mass is 260 g/mol. The van der Waals surface area contributed by atoms with Crippen molar-refractivity contribution in [1.82, 2.24) is 15.2 Å². The molecular formula is C14H20N4O. The van der Waals surface area contributed by atoms with E-state index in [4.69, 9.17) is 0 Å². The molecule has 0 atom stereocenters. The Bertz CT molecular complexity index is 464. The number of hydrogen-bond donors (Lipinski definition) is 1. The van der Waals surface area contributed by atoms with E-state index >= 15 is 0 Å². The minimum atomic E-state index is 0.0966. The van der Waals surface area contributed by atoms with Gasteiger partial charge in [0.15, 0.2) is 0 Å². The molecule has 2 aliphatic rings. The first kappa shape index (κ1) is 12.3. The molecule has 1 saturated carbocycles. The number of anilines is 1. The van der Waals surface area contributed by atoms with Gasteiger partial charge in [-0.15, -0.1) is 0 Å². The van der Waals surface area contributed by atoms with Gasteiger partial charge in [0.05, 0.1) is 0 Å². The number of hydrogen-bond acceptors (Lipinski definition) is 3. The third-order valence-corrected chi connectivity index (χ3v) is 3.70. The highest BCUT2D eigenvalue weighted by molar-refractivity contribution is 5.75. The fourth-order valence-electron chi connectivity index (χ4n) is 2.33. The number of nitrogens with one attached hydrogen (secondary N) is 1. The van der Waals surface area contributed by atoms with Gasteiger partial charge in [0.25, 0.3) is 0 Å². The van der Waals surface area contributed by atoms with Crippen molar-refractivity contribution in [2.45, 2.75) is 25.8 Å². The summed E-state index contributed by atoms with van der Waals surface area (Å²) in [7, 11) is 0. The van der Waals surface area contributed by atoms with E-state index in [1.54, 1.807) is 0 Å². The Kier molecular flexibility index (Phi) is 3.27. The minimum Gasteiger partial charge on any atom is -0.353 e. The Morgan fingerprint density at radius 3 is 2.68 bits per heavy atom. The predicted octanol–water partition coefficient (Wildman–Crippen LogP) is 1.38. The zero-order chi connectivity index (χ0) is 13.2. The number of piperazine rings is 1. The molecule has 19 heavy (non-hydrogen) atoms. The SMILES string of the molecule is Cc1ccnc(N2CCN(C(=O)NC3CC3)CC2)c1. The first-order valence-electron chi connectivity index (χ1n) is 6.95. The Balaban J connectivity index is 1.55. The molecule has 0 radical (unpaired) electrons. The quantitative estimate of drug-likeness (QED) is 0.874. The molecule has 5 nitrogen and oxygen atoms in total. The van der Waals surface area contributed by atoms with Gasteiger partial charge < -0.3 is 15.1 Å². The van der Waals surface area contributed by atoms with Gasteiger partial charge >= 0.3 is 6.03 Å². The van der Waals surface area contributed by atoms with Gasteiger partial charge in [-0.3, -0.25) is 0 Å². The summed E-state index contributed by atoms with van der Waals surface area (Å²) < 4.78 is 0. The van der Waals surface area contributed by atoms with Gasteiger partial charge in [0.1, 0.15) is 5.82 Å². The van der Waals surface area contributed by atoms with Crippen LogP contribution in [0.4, 0.5) is 10.6 Å². The Morgan fingerprint density at radius 2 is 2.05 bits per heavy atom. The van der Waals surface area contributed by atoms with Gasteiger partial charge in [0.2, 0.25) is 0 Å². The zero-order valence-electron chi connectivity index (χ0n) is 11.3. The van der Waals surface area contributed by atoms with Gasteiger partial charge in [-0.1, -0.05) is 0 Å². The smallest absolute Gasteiger partial charge is 0.317 e. The number of nitrogens with zero attached hydrogens (tertiary/aromatic N) is 3. The standard InChI is InChI=1S/C14H20N4O/c1-11-4-5-15-13(10-11)17-6-8-18(9-7-17)14(19)16-12-2-3-12/h4-5,10,12H,2-3,6-9H2,1H3,(H,16,19). The molecule has 0 aromatic carbocycles. The van der Waals surface area contributed by atoms with Crippen LogP contribution in [0.1, 0.15) is 18.4 Å². The number of amides is 2. The molecule has 0 spiro atoms. The molecule has 0 bridgehead atoms. The zero-order valence-corrected chi connectivity index (χ0v) is 11.3. The lowest BCUT2D eigenvalue weighted by molar-refractivity contribution is 0.194. The molecule has 1 aromatic heterocycles. The topological polar surface area (TPSA) is 48.5 Å². The second kappa shape index (κ2) is 5.07. The number of pyridine rings is 1. The predicted molar refractivity (Wildman–Crippen MR) is 74.3 cm³/mol. The molecule has 1 aliphatic heterocycles.